The van der Waals surface area contributed by atoms with Gasteiger partial charge in [0.25, 0.3) is 0 Å². The van der Waals surface area contributed by atoms with Gasteiger partial charge in [0.15, 0.2) is 0 Å². The fourth-order valence-electron chi connectivity index (χ4n) is 1.96. The van der Waals surface area contributed by atoms with E-state index in [0.29, 0.717) is 6.54 Å². The van der Waals surface area contributed by atoms with E-state index in [1.807, 2.05) is 26.8 Å². The normalized spacial score (nSPS) is 16.0. The molecule has 0 saturated heterocycles. The zero-order chi connectivity index (χ0) is 16.4. The Kier molecular flexibility index (Phi) is 8.28. The zero-order valence-electron chi connectivity index (χ0n) is 13.9. The van der Waals surface area contributed by atoms with E-state index in [9.17, 15) is 4.79 Å². The number of benzene rings is 1. The molecule has 0 spiro atoms. The molecular formula is C18H28N2OS. The van der Waals surface area contributed by atoms with Gasteiger partial charge in [-0.1, -0.05) is 50.3 Å². The van der Waals surface area contributed by atoms with Gasteiger partial charge in [0.05, 0.1) is 6.54 Å². The molecule has 22 heavy (non-hydrogen) atoms. The predicted molar refractivity (Wildman–Crippen MR) is 96.9 cm³/mol. The molecule has 1 atom stereocenters. The SMILES string of the molecule is C=C[C@@H](C)NCC(=O)NSC1(Cc2ccccc2)CC1.CC. The molecule has 1 saturated carbocycles. The lowest BCUT2D eigenvalue weighted by molar-refractivity contribution is -0.118. The number of hydrogen-bond donors (Lipinski definition) is 2. The molecule has 0 aromatic heterocycles. The van der Waals surface area contributed by atoms with Crippen LogP contribution in [0.3, 0.4) is 0 Å². The first-order valence-corrected chi connectivity index (χ1v) is 8.82. The molecular weight excluding hydrogens is 292 g/mol. The van der Waals surface area contributed by atoms with E-state index in [2.05, 4.69) is 40.9 Å². The van der Waals surface area contributed by atoms with E-state index < -0.39 is 0 Å². The maximum absolute atomic E-state index is 11.8. The molecule has 2 rings (SSSR count). The third-order valence-electron chi connectivity index (χ3n) is 3.50. The van der Waals surface area contributed by atoms with Crippen molar-refractivity contribution in [2.75, 3.05) is 6.54 Å². The Morgan fingerprint density at radius 3 is 2.55 bits per heavy atom. The van der Waals surface area contributed by atoms with Crippen LogP contribution in [0.1, 0.15) is 39.2 Å². The molecule has 2 N–H and O–H groups in total. The van der Waals surface area contributed by atoms with Gasteiger partial charge < -0.3 is 5.32 Å². The number of carbonyl (C=O) groups is 1. The number of amides is 1. The molecule has 0 radical (unpaired) electrons. The highest BCUT2D eigenvalue weighted by Crippen LogP contribution is 2.49. The smallest absolute Gasteiger partial charge is 0.243 e. The maximum atomic E-state index is 11.8. The number of nitrogens with one attached hydrogen (secondary N) is 2. The van der Waals surface area contributed by atoms with E-state index in [0.717, 1.165) is 6.42 Å². The van der Waals surface area contributed by atoms with Crippen LogP contribution in [-0.2, 0) is 11.2 Å². The van der Waals surface area contributed by atoms with Crippen molar-refractivity contribution in [1.82, 2.24) is 10.0 Å². The Labute approximate surface area is 139 Å². The Hall–Kier alpha value is -1.26. The second kappa shape index (κ2) is 9.70. The summed E-state index contributed by atoms with van der Waals surface area (Å²) in [7, 11) is 0. The molecule has 1 aromatic rings. The lowest BCUT2D eigenvalue weighted by Gasteiger charge is -2.16. The summed E-state index contributed by atoms with van der Waals surface area (Å²) in [6.45, 7) is 9.99. The monoisotopic (exact) mass is 320 g/mol. The van der Waals surface area contributed by atoms with Crippen molar-refractivity contribution in [1.29, 1.82) is 0 Å². The van der Waals surface area contributed by atoms with Crippen LogP contribution in [-0.4, -0.2) is 23.2 Å². The summed E-state index contributed by atoms with van der Waals surface area (Å²) in [4.78, 5) is 11.8. The standard InChI is InChI=1S/C16H22N2OS.C2H6/c1-3-13(2)17-12-15(19)18-20-16(9-10-16)11-14-7-5-4-6-8-14;1-2/h3-8,13,17H,1,9-12H2,2H3,(H,18,19);1-2H3/t13-;/m1./s1. The van der Waals surface area contributed by atoms with E-state index in [1.165, 1.54) is 18.4 Å². The lowest BCUT2D eigenvalue weighted by atomic mass is 10.1. The van der Waals surface area contributed by atoms with E-state index in [1.54, 1.807) is 18.0 Å². The van der Waals surface area contributed by atoms with Crippen LogP contribution >= 0.6 is 11.9 Å². The molecule has 4 heteroatoms. The van der Waals surface area contributed by atoms with Crippen molar-refractivity contribution >= 4 is 17.9 Å². The van der Waals surface area contributed by atoms with Gasteiger partial charge in [0.1, 0.15) is 0 Å². The molecule has 0 heterocycles. The van der Waals surface area contributed by atoms with Crippen molar-refractivity contribution in [2.24, 2.45) is 0 Å². The molecule has 1 fully saturated rings. The average molecular weight is 321 g/mol. The van der Waals surface area contributed by atoms with Gasteiger partial charge in [-0.25, -0.2) is 0 Å². The van der Waals surface area contributed by atoms with Crippen LogP contribution < -0.4 is 10.0 Å². The summed E-state index contributed by atoms with van der Waals surface area (Å²) in [6, 6.07) is 10.6. The minimum atomic E-state index is 0.0306. The minimum Gasteiger partial charge on any atom is -0.302 e. The highest BCUT2D eigenvalue weighted by atomic mass is 32.2. The minimum absolute atomic E-state index is 0.0306. The van der Waals surface area contributed by atoms with Crippen LogP contribution in [0.2, 0.25) is 0 Å². The predicted octanol–water partition coefficient (Wildman–Crippen LogP) is 3.72. The highest BCUT2D eigenvalue weighted by molar-refractivity contribution is 7.99. The van der Waals surface area contributed by atoms with Crippen molar-refractivity contribution in [3.8, 4) is 0 Å². The molecule has 0 unspecified atom stereocenters. The van der Waals surface area contributed by atoms with Crippen molar-refractivity contribution < 1.29 is 4.79 Å². The number of rotatable bonds is 8. The van der Waals surface area contributed by atoms with Gasteiger partial charge in [-0.2, -0.15) is 0 Å². The first kappa shape index (κ1) is 18.8. The third-order valence-corrected chi connectivity index (χ3v) is 4.81. The van der Waals surface area contributed by atoms with Crippen LogP contribution in [0, 0.1) is 0 Å². The largest absolute Gasteiger partial charge is 0.302 e. The van der Waals surface area contributed by atoms with Crippen molar-refractivity contribution in [3.05, 3.63) is 48.6 Å². The molecule has 3 nitrogen and oxygen atoms in total. The van der Waals surface area contributed by atoms with E-state index in [-0.39, 0.29) is 16.7 Å². The summed E-state index contributed by atoms with van der Waals surface area (Å²) < 4.78 is 3.18. The van der Waals surface area contributed by atoms with Crippen molar-refractivity contribution in [2.45, 2.75) is 50.8 Å². The fraction of sp³-hybridized carbons (Fsp3) is 0.500. The van der Waals surface area contributed by atoms with Crippen LogP contribution in [0.15, 0.2) is 43.0 Å². The summed E-state index contributed by atoms with van der Waals surface area (Å²) in [5.74, 6) is 0.0306. The Bertz CT molecular complexity index is 457. The first-order valence-electron chi connectivity index (χ1n) is 8.00. The van der Waals surface area contributed by atoms with E-state index >= 15 is 0 Å². The zero-order valence-corrected chi connectivity index (χ0v) is 14.7. The van der Waals surface area contributed by atoms with Crippen LogP contribution in [0.25, 0.3) is 0 Å². The highest BCUT2D eigenvalue weighted by Gasteiger charge is 2.44. The molecule has 1 aliphatic carbocycles. The Balaban J connectivity index is 0.00000116. The number of hydrogen-bond acceptors (Lipinski definition) is 3. The summed E-state index contributed by atoms with van der Waals surface area (Å²) in [5, 5.41) is 3.09. The quantitative estimate of drug-likeness (QED) is 0.566. The average Bonchev–Trinajstić information content (AvgIpc) is 3.33. The molecule has 1 amide bonds. The van der Waals surface area contributed by atoms with E-state index in [4.69, 9.17) is 0 Å². The van der Waals surface area contributed by atoms with Gasteiger partial charge in [-0.3, -0.25) is 9.52 Å². The Morgan fingerprint density at radius 2 is 2.00 bits per heavy atom. The van der Waals surface area contributed by atoms with Gasteiger partial charge in [0.2, 0.25) is 5.91 Å². The first-order chi connectivity index (χ1) is 10.6. The molecule has 122 valence electrons. The van der Waals surface area contributed by atoms with Gasteiger partial charge in [0, 0.05) is 10.8 Å². The molecule has 1 aromatic carbocycles. The van der Waals surface area contributed by atoms with Crippen molar-refractivity contribution in [3.63, 3.8) is 0 Å². The number of carbonyl (C=O) groups excluding carboxylic acids is 1. The third kappa shape index (κ3) is 6.67. The van der Waals surface area contributed by atoms with Gasteiger partial charge in [-0.15, -0.1) is 6.58 Å². The lowest BCUT2D eigenvalue weighted by Crippen LogP contribution is -2.35. The van der Waals surface area contributed by atoms with Gasteiger partial charge in [-0.05, 0) is 43.7 Å². The molecule has 0 bridgehead atoms. The second-order valence-corrected chi connectivity index (χ2v) is 6.65. The Morgan fingerprint density at radius 1 is 1.36 bits per heavy atom. The summed E-state index contributed by atoms with van der Waals surface area (Å²) in [5.41, 5.74) is 1.34. The van der Waals surface area contributed by atoms with Crippen LogP contribution in [0.5, 0.6) is 0 Å². The summed E-state index contributed by atoms with van der Waals surface area (Å²) in [6.07, 6.45) is 5.15. The topological polar surface area (TPSA) is 41.1 Å². The maximum Gasteiger partial charge on any atom is 0.243 e. The fourth-order valence-corrected chi connectivity index (χ4v) is 2.91. The molecule has 0 aliphatic heterocycles. The molecule has 1 aliphatic rings. The van der Waals surface area contributed by atoms with Crippen LogP contribution in [0.4, 0.5) is 0 Å². The second-order valence-electron chi connectivity index (χ2n) is 5.38. The summed E-state index contributed by atoms with van der Waals surface area (Å²) >= 11 is 1.59. The van der Waals surface area contributed by atoms with Gasteiger partial charge >= 0.3 is 0 Å².